The lowest BCUT2D eigenvalue weighted by Crippen LogP contribution is -2.31. The number of carbonyl (C=O) groups excluding carboxylic acids is 3. The van der Waals surface area contributed by atoms with Gasteiger partial charge in [0.15, 0.2) is 0 Å². The first kappa shape index (κ1) is 32.1. The summed E-state index contributed by atoms with van der Waals surface area (Å²) in [6.07, 6.45) is 1.35. The van der Waals surface area contributed by atoms with Crippen molar-refractivity contribution >= 4 is 25.4 Å². The first-order chi connectivity index (χ1) is 21.4. The molecule has 0 bridgehead atoms. The summed E-state index contributed by atoms with van der Waals surface area (Å²) in [5.74, 6) is -0.760. The second-order valence-electron chi connectivity index (χ2n) is 9.01. The van der Waals surface area contributed by atoms with Crippen molar-refractivity contribution in [1.82, 2.24) is 5.06 Å². The van der Waals surface area contributed by atoms with Gasteiger partial charge in [0.1, 0.15) is 6.61 Å². The molecule has 0 saturated carbocycles. The third-order valence-electron chi connectivity index (χ3n) is 5.90. The Kier molecular flexibility index (Phi) is 12.2. The van der Waals surface area contributed by atoms with Gasteiger partial charge in [-0.1, -0.05) is 91.0 Å². The lowest BCUT2D eigenvalue weighted by Gasteiger charge is -2.21. The summed E-state index contributed by atoms with van der Waals surface area (Å²) < 4.78 is 34.4. The molecule has 0 aliphatic rings. The van der Waals surface area contributed by atoms with E-state index in [1.54, 1.807) is 91.0 Å². The smallest absolute Gasteiger partial charge is 0.359 e. The van der Waals surface area contributed by atoms with Crippen molar-refractivity contribution in [1.29, 1.82) is 0 Å². The summed E-state index contributed by atoms with van der Waals surface area (Å²) in [5, 5.41) is 1.11. The predicted octanol–water partition coefficient (Wildman–Crippen LogP) is 6.63. The molecule has 4 aromatic carbocycles. The van der Waals surface area contributed by atoms with Gasteiger partial charge in [-0.05, 0) is 42.0 Å². The number of nitrogens with zero attached hydrogens (tertiary/aromatic N) is 1. The fourth-order valence-electron chi connectivity index (χ4n) is 3.66. The maximum absolute atomic E-state index is 13.6. The molecule has 1 amide bonds. The molecule has 226 valence electrons. The highest BCUT2D eigenvalue weighted by atomic mass is 31.2. The quantitative estimate of drug-likeness (QED) is 0.0629. The van der Waals surface area contributed by atoms with Crippen LogP contribution in [-0.4, -0.2) is 43.0 Å². The third kappa shape index (κ3) is 10.1. The minimum absolute atomic E-state index is 0.1000. The summed E-state index contributed by atoms with van der Waals surface area (Å²) in [7, 11) is -4.18. The van der Waals surface area contributed by atoms with Crippen LogP contribution in [0.2, 0.25) is 0 Å². The molecule has 0 fully saturated rings. The largest absolute Gasteiger partial charge is 0.434 e. The second-order valence-corrected chi connectivity index (χ2v) is 10.9. The molecule has 10 nitrogen and oxygen atoms in total. The van der Waals surface area contributed by atoms with E-state index in [1.807, 2.05) is 30.3 Å². The summed E-state index contributed by atoms with van der Waals surface area (Å²) in [5.41, 5.74) is 1.75. The molecule has 0 aliphatic carbocycles. The SMILES string of the molecule is O=C(OCOP(=O)(/C=C/CN(OCc1ccccc1)C(=O)c1ccccc1)OCOC(=O)c1ccccc1)c1ccccc1. The van der Waals surface area contributed by atoms with Gasteiger partial charge in [0, 0.05) is 11.4 Å². The zero-order chi connectivity index (χ0) is 31.0. The predicted molar refractivity (Wildman–Crippen MR) is 161 cm³/mol. The number of ether oxygens (including phenoxy) is 2. The van der Waals surface area contributed by atoms with E-state index in [9.17, 15) is 18.9 Å². The van der Waals surface area contributed by atoms with E-state index < -0.39 is 39.0 Å². The molecule has 0 aliphatic heterocycles. The van der Waals surface area contributed by atoms with Crippen LogP contribution in [0, 0.1) is 0 Å². The van der Waals surface area contributed by atoms with Crippen LogP contribution in [0.3, 0.4) is 0 Å². The monoisotopic (exact) mass is 615 g/mol. The van der Waals surface area contributed by atoms with E-state index in [-0.39, 0.29) is 24.3 Å². The molecular weight excluding hydrogens is 585 g/mol. The highest BCUT2D eigenvalue weighted by Crippen LogP contribution is 2.49. The minimum Gasteiger partial charge on any atom is -0.434 e. The zero-order valence-corrected chi connectivity index (χ0v) is 24.5. The van der Waals surface area contributed by atoms with Gasteiger partial charge < -0.3 is 9.47 Å². The normalized spacial score (nSPS) is 11.2. The number of rotatable bonds is 15. The Morgan fingerprint density at radius 3 is 1.52 bits per heavy atom. The van der Waals surface area contributed by atoms with Crippen LogP contribution in [0.1, 0.15) is 36.6 Å². The Morgan fingerprint density at radius 1 is 0.614 bits per heavy atom. The van der Waals surface area contributed by atoms with Gasteiger partial charge >= 0.3 is 19.5 Å². The van der Waals surface area contributed by atoms with Crippen LogP contribution in [0.5, 0.6) is 0 Å². The van der Waals surface area contributed by atoms with Crippen LogP contribution in [0.4, 0.5) is 0 Å². The lowest BCUT2D eigenvalue weighted by atomic mass is 10.2. The summed E-state index contributed by atoms with van der Waals surface area (Å²) >= 11 is 0. The van der Waals surface area contributed by atoms with Gasteiger partial charge in [-0.3, -0.25) is 23.2 Å². The Labute approximate surface area is 254 Å². The molecule has 4 rings (SSSR count). The van der Waals surface area contributed by atoms with Gasteiger partial charge in [0.05, 0.1) is 17.7 Å². The van der Waals surface area contributed by atoms with Crippen LogP contribution >= 0.6 is 7.60 Å². The number of esters is 2. The highest BCUT2D eigenvalue weighted by Gasteiger charge is 2.24. The van der Waals surface area contributed by atoms with Gasteiger partial charge in [0.2, 0.25) is 13.6 Å². The Balaban J connectivity index is 1.44. The molecule has 0 aromatic heterocycles. The zero-order valence-electron chi connectivity index (χ0n) is 23.6. The fourth-order valence-corrected chi connectivity index (χ4v) is 4.66. The topological polar surface area (TPSA) is 118 Å². The number of hydrogen-bond donors (Lipinski definition) is 0. The van der Waals surface area contributed by atoms with Gasteiger partial charge in [0.25, 0.3) is 5.91 Å². The molecule has 4 aromatic rings. The second kappa shape index (κ2) is 16.7. The maximum Gasteiger partial charge on any atom is 0.359 e. The molecule has 0 spiro atoms. The molecule has 11 heteroatoms. The van der Waals surface area contributed by atoms with Gasteiger partial charge in [-0.2, -0.15) is 0 Å². The van der Waals surface area contributed by atoms with Gasteiger partial charge in [-0.15, -0.1) is 0 Å². The third-order valence-corrected chi connectivity index (χ3v) is 7.41. The number of hydroxylamine groups is 2. The van der Waals surface area contributed by atoms with Crippen LogP contribution < -0.4 is 0 Å². The van der Waals surface area contributed by atoms with E-state index in [2.05, 4.69) is 0 Å². The Bertz CT molecular complexity index is 1500. The van der Waals surface area contributed by atoms with Crippen LogP contribution in [-0.2, 0) is 34.5 Å². The van der Waals surface area contributed by atoms with Gasteiger partial charge in [-0.25, -0.2) is 14.7 Å². The molecule has 44 heavy (non-hydrogen) atoms. The van der Waals surface area contributed by atoms with E-state index in [0.717, 1.165) is 16.4 Å². The standard InChI is InChI=1S/C33H30NO9P/c35-31(28-16-7-2-8-17-28)34(41-24-27-14-5-1-6-15-27)22-13-23-44(38,42-25-39-32(36)29-18-9-3-10-19-29)43-26-40-33(37)30-20-11-4-12-21-30/h1-21,23H,22,24-26H2/b23-13+. The Morgan fingerprint density at radius 2 is 1.05 bits per heavy atom. The van der Waals surface area contributed by atoms with Crippen LogP contribution in [0.15, 0.2) is 133 Å². The van der Waals surface area contributed by atoms with Crippen LogP contribution in [0.25, 0.3) is 0 Å². The number of benzene rings is 4. The highest BCUT2D eigenvalue weighted by molar-refractivity contribution is 7.57. The molecular formula is C33H30NO9P. The maximum atomic E-state index is 13.6. The van der Waals surface area contributed by atoms with Crippen molar-refractivity contribution < 1.29 is 42.3 Å². The Hall–Kier alpha value is -4.86. The fraction of sp³-hybridized carbons (Fsp3) is 0.121. The van der Waals surface area contributed by atoms with E-state index in [4.69, 9.17) is 23.4 Å². The van der Waals surface area contributed by atoms with Crippen molar-refractivity contribution in [2.24, 2.45) is 0 Å². The van der Waals surface area contributed by atoms with E-state index >= 15 is 0 Å². The van der Waals surface area contributed by atoms with E-state index in [1.165, 1.54) is 6.08 Å². The first-order valence-corrected chi connectivity index (χ1v) is 15.1. The molecule has 0 N–H and O–H groups in total. The first-order valence-electron chi connectivity index (χ1n) is 13.5. The lowest BCUT2D eigenvalue weighted by molar-refractivity contribution is -0.126. The molecule has 0 atom stereocenters. The summed E-state index contributed by atoms with van der Waals surface area (Å²) in [4.78, 5) is 43.6. The average Bonchev–Trinajstić information content (AvgIpc) is 3.07. The molecule has 0 heterocycles. The van der Waals surface area contributed by atoms with Crippen molar-refractivity contribution in [2.45, 2.75) is 6.61 Å². The number of hydrogen-bond acceptors (Lipinski definition) is 9. The number of carbonyl (C=O) groups is 3. The molecule has 0 unspecified atom stereocenters. The molecule has 0 radical (unpaired) electrons. The van der Waals surface area contributed by atoms with Crippen molar-refractivity contribution in [3.05, 3.63) is 155 Å². The molecule has 0 saturated heterocycles. The average molecular weight is 616 g/mol. The summed E-state index contributed by atoms with van der Waals surface area (Å²) in [6.45, 7) is -1.49. The number of amides is 1. The van der Waals surface area contributed by atoms with Crippen molar-refractivity contribution in [3.8, 4) is 0 Å². The van der Waals surface area contributed by atoms with Crippen molar-refractivity contribution in [2.75, 3.05) is 20.1 Å². The van der Waals surface area contributed by atoms with E-state index in [0.29, 0.717) is 5.56 Å². The van der Waals surface area contributed by atoms with Crippen molar-refractivity contribution in [3.63, 3.8) is 0 Å². The summed E-state index contributed by atoms with van der Waals surface area (Å²) in [6, 6.07) is 34.1. The minimum atomic E-state index is -4.18.